The van der Waals surface area contributed by atoms with E-state index in [1.165, 1.54) is 66.1 Å². The molecule has 5 aromatic carbocycles. The number of allylic oxidation sites excluding steroid dienone is 4. The van der Waals surface area contributed by atoms with E-state index >= 15 is 0 Å². The van der Waals surface area contributed by atoms with Gasteiger partial charge in [-0.05, 0) is 134 Å². The molecule has 0 saturated heterocycles. The Kier molecular flexibility index (Phi) is 7.80. The fourth-order valence-electron chi connectivity index (χ4n) is 10.1. The Morgan fingerprint density at radius 3 is 2.16 bits per heavy atom. The van der Waals surface area contributed by atoms with Gasteiger partial charge in [-0.25, -0.2) is 0 Å². The molecule has 3 aliphatic carbocycles. The van der Waals surface area contributed by atoms with Gasteiger partial charge in [0.1, 0.15) is 0 Å². The second-order valence-corrected chi connectivity index (χ2v) is 15.7. The van der Waals surface area contributed by atoms with E-state index in [1.54, 1.807) is 5.57 Å². The third-order valence-corrected chi connectivity index (χ3v) is 13.1. The molecule has 8 rings (SSSR count). The molecule has 0 aromatic heterocycles. The third kappa shape index (κ3) is 4.54. The molecule has 0 aliphatic heterocycles. The maximum Gasteiger partial charge on any atom is 0.0897 e. The second-order valence-electron chi connectivity index (χ2n) is 15.7. The minimum Gasteiger partial charge on any atom is -0.385 e. The van der Waals surface area contributed by atoms with E-state index in [0.29, 0.717) is 11.8 Å². The molecule has 5 aromatic rings. The molecule has 1 spiro atoms. The van der Waals surface area contributed by atoms with Crippen LogP contribution in [-0.2, 0) is 11.0 Å². The second kappa shape index (κ2) is 11.8. The summed E-state index contributed by atoms with van der Waals surface area (Å²) in [6.07, 6.45) is 11.0. The van der Waals surface area contributed by atoms with Gasteiger partial charge in [0, 0.05) is 11.3 Å². The van der Waals surface area contributed by atoms with Crippen LogP contribution in [0.1, 0.15) is 120 Å². The highest BCUT2D eigenvalue weighted by Crippen LogP contribution is 2.64. The zero-order chi connectivity index (χ0) is 34.2. The first-order chi connectivity index (χ1) is 23.7. The van der Waals surface area contributed by atoms with Crippen LogP contribution in [0.2, 0.25) is 0 Å². The van der Waals surface area contributed by atoms with E-state index in [2.05, 4.69) is 139 Å². The quantitative estimate of drug-likeness (QED) is 0.166. The molecule has 0 saturated carbocycles. The average Bonchev–Trinajstić information content (AvgIpc) is 3.39. The summed E-state index contributed by atoms with van der Waals surface area (Å²) in [5.41, 5.74) is 12.9. The number of hydrogen-bond donors (Lipinski definition) is 1. The summed E-state index contributed by atoms with van der Waals surface area (Å²) >= 11 is 0. The highest BCUT2D eigenvalue weighted by molar-refractivity contribution is 6.13. The van der Waals surface area contributed by atoms with E-state index in [0.717, 1.165) is 37.7 Å². The lowest BCUT2D eigenvalue weighted by molar-refractivity contribution is 0.0105. The van der Waals surface area contributed by atoms with Crippen molar-refractivity contribution in [3.8, 4) is 11.1 Å². The van der Waals surface area contributed by atoms with Gasteiger partial charge in [0.2, 0.25) is 0 Å². The molecule has 0 heterocycles. The van der Waals surface area contributed by atoms with Gasteiger partial charge in [0.25, 0.3) is 0 Å². The van der Waals surface area contributed by atoms with Crippen LogP contribution in [0.5, 0.6) is 0 Å². The maximum atomic E-state index is 12.2. The zero-order valence-corrected chi connectivity index (χ0v) is 30.5. The monoisotopic (exact) mass is 644 g/mol. The minimum atomic E-state index is -0.967. The molecule has 0 amide bonds. The molecule has 250 valence electrons. The van der Waals surface area contributed by atoms with Crippen LogP contribution in [0.3, 0.4) is 0 Å². The first kappa shape index (κ1) is 32.3. The first-order valence-electron chi connectivity index (χ1n) is 19.1. The Labute approximate surface area is 293 Å². The molecule has 1 N–H and O–H groups in total. The number of benzene rings is 5. The molecule has 1 nitrogen and oxygen atoms in total. The van der Waals surface area contributed by atoms with E-state index in [1.807, 2.05) is 6.92 Å². The molecular weight excluding hydrogens is 593 g/mol. The SMILES string of the molecule is CCC(CC)C1=CC2(CC(C(CC)CC)=C1)c1ccc3cccc4c3c1-c1c(cc3c(C(C)(O)C(C)C)cccc3c12)C4c1ccccc1. The summed E-state index contributed by atoms with van der Waals surface area (Å²) in [5.74, 6) is 1.27. The Morgan fingerprint density at radius 1 is 0.755 bits per heavy atom. The molecule has 3 aliphatic rings. The normalized spacial score (nSPS) is 20.5. The summed E-state index contributed by atoms with van der Waals surface area (Å²) in [7, 11) is 0. The fraction of sp³-hybridized carbons (Fsp3) is 0.375. The van der Waals surface area contributed by atoms with E-state index in [9.17, 15) is 5.11 Å². The summed E-state index contributed by atoms with van der Waals surface area (Å²) in [5, 5.41) is 17.5. The molecule has 3 unspecified atom stereocenters. The van der Waals surface area contributed by atoms with Crippen LogP contribution in [-0.4, -0.2) is 5.11 Å². The van der Waals surface area contributed by atoms with Crippen LogP contribution < -0.4 is 0 Å². The predicted octanol–water partition coefficient (Wildman–Crippen LogP) is 12.7. The minimum absolute atomic E-state index is 0.0691. The van der Waals surface area contributed by atoms with Crippen LogP contribution in [0.25, 0.3) is 32.7 Å². The predicted molar refractivity (Wildman–Crippen MR) is 208 cm³/mol. The number of rotatable bonds is 9. The van der Waals surface area contributed by atoms with Crippen LogP contribution in [0.4, 0.5) is 0 Å². The Hall–Kier alpha value is -3.94. The van der Waals surface area contributed by atoms with Crippen LogP contribution >= 0.6 is 0 Å². The van der Waals surface area contributed by atoms with Gasteiger partial charge in [-0.15, -0.1) is 0 Å². The van der Waals surface area contributed by atoms with Crippen molar-refractivity contribution in [1.82, 2.24) is 0 Å². The highest BCUT2D eigenvalue weighted by Gasteiger charge is 2.50. The first-order valence-corrected chi connectivity index (χ1v) is 19.1. The zero-order valence-electron chi connectivity index (χ0n) is 30.5. The summed E-state index contributed by atoms with van der Waals surface area (Å²) in [6.45, 7) is 15.8. The molecule has 1 heteroatoms. The number of fused-ring (bicyclic) bond motifs is 4. The Bertz CT molecular complexity index is 2150. The van der Waals surface area contributed by atoms with Crippen molar-refractivity contribution in [2.24, 2.45) is 17.8 Å². The standard InChI is InChI=1S/C48H52O/c1-8-30(9-2)34-25-35(31(10-3)11-4)28-48(27-34)41-24-23-33-19-15-21-37-42(32-17-13-12-14-18-32)39-26-38-36(46(48)44(39)45(41)43(33)37)20-16-22-40(38)47(7,49)29(5)6/h12-27,29-31,42,49H,8-11,28H2,1-7H3. The van der Waals surface area contributed by atoms with E-state index in [4.69, 9.17) is 0 Å². The van der Waals surface area contributed by atoms with Crippen molar-refractivity contribution in [2.45, 2.75) is 97.5 Å². The summed E-state index contributed by atoms with van der Waals surface area (Å²) < 4.78 is 0. The molecule has 0 fully saturated rings. The summed E-state index contributed by atoms with van der Waals surface area (Å²) in [6, 6.07) is 32.3. The number of hydrogen-bond acceptors (Lipinski definition) is 1. The van der Waals surface area contributed by atoms with E-state index in [-0.39, 0.29) is 17.3 Å². The lowest BCUT2D eigenvalue weighted by atomic mass is 9.64. The highest BCUT2D eigenvalue weighted by atomic mass is 16.3. The van der Waals surface area contributed by atoms with Crippen molar-refractivity contribution in [1.29, 1.82) is 0 Å². The largest absolute Gasteiger partial charge is 0.385 e. The third-order valence-electron chi connectivity index (χ3n) is 13.1. The topological polar surface area (TPSA) is 20.2 Å². The van der Waals surface area contributed by atoms with E-state index < -0.39 is 5.60 Å². The Balaban J connectivity index is 1.58. The van der Waals surface area contributed by atoms with Gasteiger partial charge >= 0.3 is 0 Å². The van der Waals surface area contributed by atoms with Gasteiger partial charge < -0.3 is 5.11 Å². The molecule has 49 heavy (non-hydrogen) atoms. The van der Waals surface area contributed by atoms with Crippen molar-refractivity contribution in [2.75, 3.05) is 0 Å². The smallest absolute Gasteiger partial charge is 0.0897 e. The molecule has 0 bridgehead atoms. The molecule has 0 radical (unpaired) electrons. The van der Waals surface area contributed by atoms with Gasteiger partial charge in [-0.3, -0.25) is 0 Å². The summed E-state index contributed by atoms with van der Waals surface area (Å²) in [4.78, 5) is 0. The lowest BCUT2D eigenvalue weighted by Crippen LogP contribution is -2.30. The van der Waals surface area contributed by atoms with Gasteiger partial charge in [0.05, 0.1) is 5.60 Å². The van der Waals surface area contributed by atoms with Crippen LogP contribution in [0, 0.1) is 17.8 Å². The van der Waals surface area contributed by atoms with Crippen LogP contribution in [0.15, 0.2) is 108 Å². The number of aliphatic hydroxyl groups is 1. The maximum absolute atomic E-state index is 12.2. The van der Waals surface area contributed by atoms with Gasteiger partial charge in [-0.1, -0.05) is 138 Å². The van der Waals surface area contributed by atoms with Gasteiger partial charge in [0.15, 0.2) is 0 Å². The van der Waals surface area contributed by atoms with Crippen molar-refractivity contribution < 1.29 is 5.11 Å². The van der Waals surface area contributed by atoms with Crippen molar-refractivity contribution >= 4 is 21.5 Å². The fourth-order valence-corrected chi connectivity index (χ4v) is 10.1. The lowest BCUT2D eigenvalue weighted by Gasteiger charge is -2.39. The molecular formula is C48H52O. The van der Waals surface area contributed by atoms with Crippen molar-refractivity contribution in [3.05, 3.63) is 142 Å². The Morgan fingerprint density at radius 2 is 1.47 bits per heavy atom. The molecule has 3 atom stereocenters. The van der Waals surface area contributed by atoms with Crippen molar-refractivity contribution in [3.63, 3.8) is 0 Å². The van der Waals surface area contributed by atoms with Gasteiger partial charge in [-0.2, -0.15) is 0 Å². The average molecular weight is 645 g/mol.